The first-order valence-electron chi connectivity index (χ1n) is 8.55. The Bertz CT molecular complexity index is 569. The van der Waals surface area contributed by atoms with Gasteiger partial charge in [-0.05, 0) is 58.2 Å². The second kappa shape index (κ2) is 9.38. The number of benzene rings is 1. The van der Waals surface area contributed by atoms with Gasteiger partial charge in [0.05, 0.1) is 17.0 Å². The zero-order valence-electron chi connectivity index (χ0n) is 15.2. The number of likely N-dealkylation sites (N-methyl/N-ethyl adjacent to an activating group) is 1. The van der Waals surface area contributed by atoms with E-state index in [2.05, 4.69) is 10.6 Å². The third-order valence-corrected chi connectivity index (χ3v) is 4.74. The lowest BCUT2D eigenvalue weighted by Crippen LogP contribution is -2.47. The van der Waals surface area contributed by atoms with Crippen LogP contribution in [0.15, 0.2) is 18.2 Å². The van der Waals surface area contributed by atoms with Crippen LogP contribution in [0.1, 0.15) is 12.8 Å². The summed E-state index contributed by atoms with van der Waals surface area (Å²) in [6, 6.07) is 5.33. The Morgan fingerprint density at radius 3 is 2.68 bits per heavy atom. The van der Waals surface area contributed by atoms with E-state index >= 15 is 0 Å². The first-order chi connectivity index (χ1) is 12.0. The predicted octanol–water partition coefficient (Wildman–Crippen LogP) is 2.24. The standard InChI is InChI=1S/C18H28ClN3O3/c1-22(2)10-11-25-16-5-4-14(12-15(16)19)21-17(23)18(13-24-3)6-8-20-9-7-18/h4-5,12,20H,6-11,13H2,1-3H3,(H,21,23). The summed E-state index contributed by atoms with van der Waals surface area (Å²) >= 11 is 6.29. The van der Waals surface area contributed by atoms with E-state index in [9.17, 15) is 4.79 Å². The van der Waals surface area contributed by atoms with Crippen molar-refractivity contribution in [2.24, 2.45) is 5.41 Å². The molecule has 1 fully saturated rings. The van der Waals surface area contributed by atoms with Crippen LogP contribution in [0.3, 0.4) is 0 Å². The molecule has 140 valence electrons. The Kier molecular flexibility index (Phi) is 7.50. The molecule has 1 aromatic rings. The summed E-state index contributed by atoms with van der Waals surface area (Å²) in [5.74, 6) is 0.600. The van der Waals surface area contributed by atoms with Crippen LogP contribution in [-0.4, -0.2) is 64.9 Å². The molecular formula is C18H28ClN3O3. The van der Waals surface area contributed by atoms with Gasteiger partial charge in [0.1, 0.15) is 12.4 Å². The number of hydrogen-bond donors (Lipinski definition) is 2. The maximum atomic E-state index is 12.8. The van der Waals surface area contributed by atoms with Crippen LogP contribution >= 0.6 is 11.6 Å². The van der Waals surface area contributed by atoms with E-state index in [0.29, 0.717) is 29.7 Å². The molecule has 1 aromatic carbocycles. The summed E-state index contributed by atoms with van der Waals surface area (Å²) < 4.78 is 11.0. The van der Waals surface area contributed by atoms with Crippen LogP contribution in [-0.2, 0) is 9.53 Å². The number of amides is 1. The second-order valence-electron chi connectivity index (χ2n) is 6.71. The molecule has 0 aliphatic carbocycles. The van der Waals surface area contributed by atoms with E-state index in [1.54, 1.807) is 19.2 Å². The summed E-state index contributed by atoms with van der Waals surface area (Å²) in [4.78, 5) is 14.9. The van der Waals surface area contributed by atoms with Gasteiger partial charge < -0.3 is 25.0 Å². The van der Waals surface area contributed by atoms with Crippen molar-refractivity contribution in [3.8, 4) is 5.75 Å². The van der Waals surface area contributed by atoms with Crippen molar-refractivity contribution in [3.05, 3.63) is 23.2 Å². The molecule has 25 heavy (non-hydrogen) atoms. The topological polar surface area (TPSA) is 62.8 Å². The van der Waals surface area contributed by atoms with Crippen LogP contribution in [0.2, 0.25) is 5.02 Å². The van der Waals surface area contributed by atoms with Gasteiger partial charge in [-0.15, -0.1) is 0 Å². The number of carbonyl (C=O) groups is 1. The highest BCUT2D eigenvalue weighted by atomic mass is 35.5. The van der Waals surface area contributed by atoms with Crippen LogP contribution in [0.25, 0.3) is 0 Å². The van der Waals surface area contributed by atoms with Crippen molar-refractivity contribution < 1.29 is 14.3 Å². The molecule has 6 nitrogen and oxygen atoms in total. The maximum absolute atomic E-state index is 12.8. The molecule has 1 heterocycles. The molecule has 1 aliphatic rings. The SMILES string of the molecule is COCC1(C(=O)Nc2ccc(OCCN(C)C)c(Cl)c2)CCNCC1. The van der Waals surface area contributed by atoms with Gasteiger partial charge in [0.25, 0.3) is 0 Å². The molecule has 0 unspecified atom stereocenters. The monoisotopic (exact) mass is 369 g/mol. The van der Waals surface area contributed by atoms with E-state index in [0.717, 1.165) is 32.5 Å². The fourth-order valence-corrected chi connectivity index (χ4v) is 3.15. The van der Waals surface area contributed by atoms with Gasteiger partial charge in [-0.2, -0.15) is 0 Å². The molecule has 0 bridgehead atoms. The number of halogens is 1. The van der Waals surface area contributed by atoms with E-state index < -0.39 is 5.41 Å². The Hall–Kier alpha value is -1.34. The highest BCUT2D eigenvalue weighted by Crippen LogP contribution is 2.32. The van der Waals surface area contributed by atoms with E-state index in [-0.39, 0.29) is 5.91 Å². The summed E-state index contributed by atoms with van der Waals surface area (Å²) in [7, 11) is 5.61. The number of hydrogen-bond acceptors (Lipinski definition) is 5. The minimum Gasteiger partial charge on any atom is -0.491 e. The number of carbonyl (C=O) groups excluding carboxylic acids is 1. The lowest BCUT2D eigenvalue weighted by molar-refractivity contribution is -0.130. The highest BCUT2D eigenvalue weighted by molar-refractivity contribution is 6.32. The normalized spacial score (nSPS) is 16.7. The minimum atomic E-state index is -0.493. The Morgan fingerprint density at radius 2 is 2.08 bits per heavy atom. The molecule has 7 heteroatoms. The van der Waals surface area contributed by atoms with Crippen molar-refractivity contribution >= 4 is 23.2 Å². The third kappa shape index (κ3) is 5.57. The minimum absolute atomic E-state index is 0.0202. The first-order valence-corrected chi connectivity index (χ1v) is 8.93. The van der Waals surface area contributed by atoms with Gasteiger partial charge in [-0.1, -0.05) is 11.6 Å². The molecule has 0 saturated carbocycles. The van der Waals surface area contributed by atoms with Gasteiger partial charge in [0, 0.05) is 19.3 Å². The summed E-state index contributed by atoms with van der Waals surface area (Å²) in [5.41, 5.74) is 0.178. The summed E-state index contributed by atoms with van der Waals surface area (Å²) in [6.07, 6.45) is 1.51. The molecule has 1 amide bonds. The van der Waals surface area contributed by atoms with Crippen molar-refractivity contribution in [2.75, 3.05) is 59.4 Å². The van der Waals surface area contributed by atoms with E-state index in [1.807, 2.05) is 25.1 Å². The summed E-state index contributed by atoms with van der Waals surface area (Å²) in [6.45, 7) is 3.41. The number of nitrogens with zero attached hydrogens (tertiary/aromatic N) is 1. The Labute approximate surface area is 154 Å². The number of piperidine rings is 1. The number of rotatable bonds is 8. The largest absolute Gasteiger partial charge is 0.491 e. The van der Waals surface area contributed by atoms with Gasteiger partial charge in [0.15, 0.2) is 0 Å². The second-order valence-corrected chi connectivity index (χ2v) is 7.12. The average Bonchev–Trinajstić information content (AvgIpc) is 2.57. The van der Waals surface area contributed by atoms with Crippen LogP contribution in [0, 0.1) is 5.41 Å². The molecular weight excluding hydrogens is 342 g/mol. The average molecular weight is 370 g/mol. The highest BCUT2D eigenvalue weighted by Gasteiger charge is 2.39. The van der Waals surface area contributed by atoms with Crippen molar-refractivity contribution in [1.82, 2.24) is 10.2 Å². The molecule has 1 aliphatic heterocycles. The Morgan fingerprint density at radius 1 is 1.36 bits per heavy atom. The maximum Gasteiger partial charge on any atom is 0.233 e. The van der Waals surface area contributed by atoms with Gasteiger partial charge in [-0.25, -0.2) is 0 Å². The third-order valence-electron chi connectivity index (χ3n) is 4.45. The fraction of sp³-hybridized carbons (Fsp3) is 0.611. The molecule has 0 aromatic heterocycles. The molecule has 2 N–H and O–H groups in total. The number of methoxy groups -OCH3 is 1. The molecule has 1 saturated heterocycles. The van der Waals surface area contributed by atoms with Crippen LogP contribution < -0.4 is 15.4 Å². The number of anilines is 1. The van der Waals surface area contributed by atoms with Gasteiger partial charge in [0.2, 0.25) is 5.91 Å². The predicted molar refractivity (Wildman–Crippen MR) is 101 cm³/mol. The fourth-order valence-electron chi connectivity index (χ4n) is 2.92. The van der Waals surface area contributed by atoms with E-state index in [4.69, 9.17) is 21.1 Å². The zero-order chi connectivity index (χ0) is 18.3. The number of ether oxygens (including phenoxy) is 2. The zero-order valence-corrected chi connectivity index (χ0v) is 16.0. The van der Waals surface area contributed by atoms with Gasteiger partial charge in [-0.3, -0.25) is 4.79 Å². The smallest absolute Gasteiger partial charge is 0.233 e. The lowest BCUT2D eigenvalue weighted by atomic mass is 9.78. The number of nitrogens with one attached hydrogen (secondary N) is 2. The molecule has 0 atom stereocenters. The van der Waals surface area contributed by atoms with Crippen molar-refractivity contribution in [3.63, 3.8) is 0 Å². The van der Waals surface area contributed by atoms with Crippen LogP contribution in [0.5, 0.6) is 5.75 Å². The van der Waals surface area contributed by atoms with E-state index in [1.165, 1.54) is 0 Å². The van der Waals surface area contributed by atoms with Crippen molar-refractivity contribution in [1.29, 1.82) is 0 Å². The van der Waals surface area contributed by atoms with Crippen LogP contribution in [0.4, 0.5) is 5.69 Å². The molecule has 2 rings (SSSR count). The Balaban J connectivity index is 2.01. The quantitative estimate of drug-likeness (QED) is 0.735. The van der Waals surface area contributed by atoms with Crippen molar-refractivity contribution in [2.45, 2.75) is 12.8 Å². The first kappa shape index (κ1) is 20.0. The van der Waals surface area contributed by atoms with Gasteiger partial charge >= 0.3 is 0 Å². The molecule has 0 spiro atoms. The lowest BCUT2D eigenvalue weighted by Gasteiger charge is -2.35. The summed E-state index contributed by atoms with van der Waals surface area (Å²) in [5, 5.41) is 6.76. The molecule has 0 radical (unpaired) electrons.